The van der Waals surface area contributed by atoms with Crippen LogP contribution in [0.15, 0.2) is 41.0 Å². The first-order valence-corrected chi connectivity index (χ1v) is 6.97. The molecule has 3 aromatic rings. The molecule has 0 spiro atoms. The lowest BCUT2D eigenvalue weighted by Gasteiger charge is -2.03. The van der Waals surface area contributed by atoms with Crippen LogP contribution in [0.2, 0.25) is 0 Å². The van der Waals surface area contributed by atoms with E-state index in [4.69, 9.17) is 9.15 Å². The Bertz CT molecular complexity index is 752. The summed E-state index contributed by atoms with van der Waals surface area (Å²) >= 11 is 0.980. The zero-order chi connectivity index (χ0) is 14.7. The molecule has 21 heavy (non-hydrogen) atoms. The Kier molecular flexibility index (Phi) is 3.74. The molecule has 0 aliphatic rings. The first-order valence-electron chi connectivity index (χ1n) is 6.20. The summed E-state index contributed by atoms with van der Waals surface area (Å²) in [6.07, 6.45) is 1.44. The van der Waals surface area contributed by atoms with Crippen LogP contribution in [0.25, 0.3) is 11.4 Å². The van der Waals surface area contributed by atoms with Gasteiger partial charge >= 0.3 is 5.97 Å². The van der Waals surface area contributed by atoms with Crippen molar-refractivity contribution < 1.29 is 13.9 Å². The van der Waals surface area contributed by atoms with Crippen molar-refractivity contribution in [2.24, 2.45) is 0 Å². The van der Waals surface area contributed by atoms with Crippen LogP contribution >= 0.6 is 11.5 Å². The third-order valence-electron chi connectivity index (χ3n) is 2.75. The van der Waals surface area contributed by atoms with E-state index in [-0.39, 0.29) is 6.61 Å². The van der Waals surface area contributed by atoms with Gasteiger partial charge in [-0.2, -0.15) is 0 Å². The quantitative estimate of drug-likeness (QED) is 0.689. The molecule has 0 bridgehead atoms. The summed E-state index contributed by atoms with van der Waals surface area (Å²) in [5.74, 6) is 0.0334. The highest BCUT2D eigenvalue weighted by atomic mass is 32.1. The molecule has 6 nitrogen and oxygen atoms in total. The van der Waals surface area contributed by atoms with Gasteiger partial charge in [0.15, 0.2) is 10.8 Å². The Hall–Kier alpha value is -2.54. The summed E-state index contributed by atoms with van der Waals surface area (Å²) in [6, 6.07) is 9.46. The second kappa shape index (κ2) is 5.84. The topological polar surface area (TPSA) is 78.1 Å². The van der Waals surface area contributed by atoms with E-state index in [2.05, 4.69) is 14.6 Å². The van der Waals surface area contributed by atoms with Gasteiger partial charge in [0, 0.05) is 6.92 Å². The number of hydrogen-bond acceptors (Lipinski definition) is 7. The monoisotopic (exact) mass is 301 g/mol. The van der Waals surface area contributed by atoms with E-state index in [0.717, 1.165) is 17.1 Å². The molecule has 0 radical (unpaired) electrons. The number of benzene rings is 1. The molecule has 0 amide bonds. The van der Waals surface area contributed by atoms with E-state index in [1.807, 2.05) is 30.3 Å². The fraction of sp³-hybridized carbons (Fsp3) is 0.143. The number of nitrogens with zero attached hydrogens (tertiary/aromatic N) is 3. The van der Waals surface area contributed by atoms with Crippen LogP contribution in [-0.2, 0) is 11.3 Å². The Labute approximate surface area is 124 Å². The maximum atomic E-state index is 12.1. The number of ether oxygens (including phenoxy) is 1. The van der Waals surface area contributed by atoms with E-state index in [9.17, 15) is 4.79 Å². The molecule has 0 N–H and O–H groups in total. The van der Waals surface area contributed by atoms with Gasteiger partial charge in [-0.05, 0) is 17.1 Å². The van der Waals surface area contributed by atoms with Gasteiger partial charge in [0.25, 0.3) is 0 Å². The highest BCUT2D eigenvalue weighted by molar-refractivity contribution is 7.08. The third-order valence-corrected chi connectivity index (χ3v) is 3.45. The minimum absolute atomic E-state index is 0.203. The number of esters is 1. The summed E-state index contributed by atoms with van der Waals surface area (Å²) in [7, 11) is 0. The van der Waals surface area contributed by atoms with Crippen molar-refractivity contribution in [3.8, 4) is 11.4 Å². The molecule has 7 heteroatoms. The smallest absolute Gasteiger partial charge is 0.352 e. The van der Waals surface area contributed by atoms with E-state index >= 15 is 0 Å². The molecule has 0 fully saturated rings. The predicted molar refractivity (Wildman–Crippen MR) is 75.7 cm³/mol. The average Bonchev–Trinajstić information content (AvgIpc) is 3.14. The van der Waals surface area contributed by atoms with Crippen molar-refractivity contribution >= 4 is 17.5 Å². The lowest BCUT2D eigenvalue weighted by Crippen LogP contribution is -2.05. The lowest BCUT2D eigenvalue weighted by atomic mass is 10.2. The minimum Gasteiger partial charge on any atom is -0.457 e. The van der Waals surface area contributed by atoms with E-state index < -0.39 is 5.97 Å². The number of oxazole rings is 1. The van der Waals surface area contributed by atoms with Gasteiger partial charge in [-0.1, -0.05) is 34.8 Å². The number of carbonyl (C=O) groups excluding carboxylic acids is 1. The van der Waals surface area contributed by atoms with Crippen molar-refractivity contribution in [1.29, 1.82) is 0 Å². The second-order valence-corrected chi connectivity index (χ2v) is 5.02. The molecule has 0 aliphatic heterocycles. The highest BCUT2D eigenvalue weighted by Crippen LogP contribution is 2.24. The lowest BCUT2D eigenvalue weighted by molar-refractivity contribution is 0.0479. The van der Waals surface area contributed by atoms with Crippen LogP contribution in [-0.4, -0.2) is 20.5 Å². The van der Waals surface area contributed by atoms with Gasteiger partial charge in [0.1, 0.15) is 24.3 Å². The zero-order valence-electron chi connectivity index (χ0n) is 11.1. The largest absolute Gasteiger partial charge is 0.457 e. The van der Waals surface area contributed by atoms with Crippen molar-refractivity contribution in [2.45, 2.75) is 13.5 Å². The molecule has 0 aliphatic carbocycles. The van der Waals surface area contributed by atoms with Gasteiger partial charge in [0.05, 0.1) is 0 Å². The van der Waals surface area contributed by atoms with Gasteiger partial charge in [-0.15, -0.1) is 5.10 Å². The summed E-state index contributed by atoms with van der Waals surface area (Å²) in [6.45, 7) is 1.92. The number of hydrogen-bond donors (Lipinski definition) is 0. The molecule has 0 atom stereocenters. The summed E-state index contributed by atoms with van der Waals surface area (Å²) in [5.41, 5.74) is 1.78. The summed E-state index contributed by atoms with van der Waals surface area (Å²) < 4.78 is 14.2. The van der Waals surface area contributed by atoms with Gasteiger partial charge in [0.2, 0.25) is 0 Å². The molecule has 2 aromatic heterocycles. The Morgan fingerprint density at radius 1 is 1.33 bits per heavy atom. The number of rotatable bonds is 4. The number of carbonyl (C=O) groups is 1. The van der Waals surface area contributed by atoms with Gasteiger partial charge < -0.3 is 9.15 Å². The Balaban J connectivity index is 1.75. The third kappa shape index (κ3) is 2.97. The zero-order valence-corrected chi connectivity index (χ0v) is 12.0. The molecule has 0 saturated heterocycles. The molecule has 1 aromatic carbocycles. The number of aryl methyl sites for hydroxylation is 1. The molecular weight excluding hydrogens is 290 g/mol. The van der Waals surface area contributed by atoms with Crippen LogP contribution in [0, 0.1) is 6.92 Å². The van der Waals surface area contributed by atoms with Gasteiger partial charge in [-0.3, -0.25) is 0 Å². The molecule has 3 rings (SSSR count). The summed E-state index contributed by atoms with van der Waals surface area (Å²) in [5, 5.41) is 3.92. The second-order valence-electron chi connectivity index (χ2n) is 4.26. The Morgan fingerprint density at radius 3 is 2.86 bits per heavy atom. The maximum Gasteiger partial charge on any atom is 0.352 e. The van der Waals surface area contributed by atoms with Crippen LogP contribution < -0.4 is 0 Å². The SMILES string of the molecule is Cc1nc(-c2nnsc2C(=O)OCc2ccccc2)co1. The van der Waals surface area contributed by atoms with E-state index in [1.165, 1.54) is 6.26 Å². The Morgan fingerprint density at radius 2 is 2.14 bits per heavy atom. The van der Waals surface area contributed by atoms with E-state index in [1.54, 1.807) is 6.92 Å². The molecule has 2 heterocycles. The first kappa shape index (κ1) is 13.4. The van der Waals surface area contributed by atoms with Crippen LogP contribution in [0.5, 0.6) is 0 Å². The van der Waals surface area contributed by atoms with Gasteiger partial charge in [-0.25, -0.2) is 9.78 Å². The minimum atomic E-state index is -0.468. The average molecular weight is 301 g/mol. The van der Waals surface area contributed by atoms with Crippen LogP contribution in [0.3, 0.4) is 0 Å². The van der Waals surface area contributed by atoms with Crippen molar-refractivity contribution in [1.82, 2.24) is 14.6 Å². The predicted octanol–water partition coefficient (Wildman–Crippen LogP) is 2.86. The van der Waals surface area contributed by atoms with E-state index in [0.29, 0.717) is 22.2 Å². The maximum absolute atomic E-state index is 12.1. The fourth-order valence-electron chi connectivity index (χ4n) is 1.75. The normalized spacial score (nSPS) is 10.5. The molecule has 0 unspecified atom stereocenters. The van der Waals surface area contributed by atoms with Crippen molar-refractivity contribution in [3.63, 3.8) is 0 Å². The summed E-state index contributed by atoms with van der Waals surface area (Å²) in [4.78, 5) is 16.6. The first-order chi connectivity index (χ1) is 10.2. The van der Waals surface area contributed by atoms with Crippen LogP contribution in [0.4, 0.5) is 0 Å². The number of aromatic nitrogens is 3. The standard InChI is InChI=1S/C14H11N3O3S/c1-9-15-11(8-19-9)12-13(21-17-16-12)14(18)20-7-10-5-3-2-4-6-10/h2-6,8H,7H2,1H3. The fourth-order valence-corrected chi connectivity index (χ4v) is 2.32. The van der Waals surface area contributed by atoms with Crippen LogP contribution in [0.1, 0.15) is 21.1 Å². The molecule has 0 saturated carbocycles. The molecule has 106 valence electrons. The molecular formula is C14H11N3O3S. The van der Waals surface area contributed by atoms with Crippen molar-refractivity contribution in [3.05, 3.63) is 52.9 Å². The van der Waals surface area contributed by atoms with Crippen molar-refractivity contribution in [2.75, 3.05) is 0 Å². The highest BCUT2D eigenvalue weighted by Gasteiger charge is 2.21.